The molecule has 64 valence electrons. The van der Waals surface area contributed by atoms with Crippen LogP contribution in [0.4, 0.5) is 5.69 Å². The molecule has 3 nitrogen and oxygen atoms in total. The van der Waals surface area contributed by atoms with Gasteiger partial charge < -0.3 is 10.1 Å². The molecule has 1 atom stereocenters. The number of hydrogen-bond donors (Lipinski definition) is 2. The fraction of sp³-hybridized carbons (Fsp3) is 0.250. The van der Waals surface area contributed by atoms with Gasteiger partial charge in [-0.05, 0) is 18.2 Å². The van der Waals surface area contributed by atoms with Gasteiger partial charge in [0, 0.05) is 5.02 Å². The van der Waals surface area contributed by atoms with Crippen molar-refractivity contribution in [1.82, 2.24) is 0 Å². The Morgan fingerprint density at radius 1 is 1.58 bits per heavy atom. The second-order valence-corrected chi connectivity index (χ2v) is 3.11. The van der Waals surface area contributed by atoms with E-state index in [0.29, 0.717) is 11.6 Å². The summed E-state index contributed by atoms with van der Waals surface area (Å²) in [6.45, 7) is 0.618. The fourth-order valence-electron chi connectivity index (χ4n) is 1.16. The number of ether oxygens (including phenoxy) is 1. The molecule has 4 heteroatoms. The first-order valence-corrected chi connectivity index (χ1v) is 4.09. The Labute approximate surface area is 75.5 Å². The zero-order valence-corrected chi connectivity index (χ0v) is 7.14. The van der Waals surface area contributed by atoms with Crippen LogP contribution in [0.15, 0.2) is 18.2 Å². The third-order valence-electron chi connectivity index (χ3n) is 1.71. The molecule has 1 aromatic rings. The summed E-state index contributed by atoms with van der Waals surface area (Å²) in [5.41, 5.74) is 6.48. The first-order chi connectivity index (χ1) is 5.75. The van der Waals surface area contributed by atoms with Gasteiger partial charge in [-0.3, -0.25) is 5.73 Å². The van der Waals surface area contributed by atoms with Crippen molar-refractivity contribution in [2.45, 2.75) is 6.23 Å². The van der Waals surface area contributed by atoms with Crippen LogP contribution in [-0.4, -0.2) is 12.8 Å². The molecule has 3 N–H and O–H groups in total. The molecule has 1 aliphatic rings. The smallest absolute Gasteiger partial charge is 0.165 e. The summed E-state index contributed by atoms with van der Waals surface area (Å²) in [5.74, 6) is 0.762. The summed E-state index contributed by atoms with van der Waals surface area (Å²) in [6, 6.07) is 5.41. The SMILES string of the molecule is N[C@@H]1CNc2cc(Cl)ccc2O1. The van der Waals surface area contributed by atoms with Crippen LogP contribution >= 0.6 is 11.6 Å². The number of rotatable bonds is 0. The van der Waals surface area contributed by atoms with E-state index < -0.39 is 0 Å². The average molecular weight is 185 g/mol. The largest absolute Gasteiger partial charge is 0.472 e. The maximum Gasteiger partial charge on any atom is 0.165 e. The van der Waals surface area contributed by atoms with E-state index in [0.717, 1.165) is 11.4 Å². The lowest BCUT2D eigenvalue weighted by Gasteiger charge is -2.24. The second-order valence-electron chi connectivity index (χ2n) is 2.68. The van der Waals surface area contributed by atoms with E-state index in [1.807, 2.05) is 12.1 Å². The van der Waals surface area contributed by atoms with Crippen molar-refractivity contribution in [2.75, 3.05) is 11.9 Å². The van der Waals surface area contributed by atoms with Crippen molar-refractivity contribution in [3.05, 3.63) is 23.2 Å². The highest BCUT2D eigenvalue weighted by Crippen LogP contribution is 2.30. The molecule has 12 heavy (non-hydrogen) atoms. The monoisotopic (exact) mass is 184 g/mol. The second kappa shape index (κ2) is 2.84. The van der Waals surface area contributed by atoms with E-state index >= 15 is 0 Å². The molecule has 0 amide bonds. The maximum absolute atomic E-state index is 5.79. The van der Waals surface area contributed by atoms with E-state index in [2.05, 4.69) is 5.32 Å². The number of hydrogen-bond acceptors (Lipinski definition) is 3. The molecule has 1 heterocycles. The van der Waals surface area contributed by atoms with E-state index in [4.69, 9.17) is 22.1 Å². The Morgan fingerprint density at radius 2 is 2.42 bits per heavy atom. The van der Waals surface area contributed by atoms with Gasteiger partial charge in [0.05, 0.1) is 12.2 Å². The first-order valence-electron chi connectivity index (χ1n) is 3.71. The normalized spacial score (nSPS) is 20.7. The summed E-state index contributed by atoms with van der Waals surface area (Å²) in [7, 11) is 0. The van der Waals surface area contributed by atoms with E-state index in [-0.39, 0.29) is 6.23 Å². The molecular weight excluding hydrogens is 176 g/mol. The molecule has 0 bridgehead atoms. The predicted molar refractivity (Wildman–Crippen MR) is 48.5 cm³/mol. The Hall–Kier alpha value is -0.930. The molecule has 0 aromatic heterocycles. The van der Waals surface area contributed by atoms with Gasteiger partial charge in [-0.15, -0.1) is 0 Å². The minimum absolute atomic E-state index is 0.265. The topological polar surface area (TPSA) is 47.3 Å². The Balaban J connectivity index is 2.37. The number of nitrogens with one attached hydrogen (secondary N) is 1. The molecule has 0 unspecified atom stereocenters. The first kappa shape index (κ1) is 7.71. The molecule has 0 aliphatic carbocycles. The molecule has 1 aromatic carbocycles. The lowest BCUT2D eigenvalue weighted by atomic mass is 10.2. The van der Waals surface area contributed by atoms with Crippen LogP contribution in [0.2, 0.25) is 5.02 Å². The number of fused-ring (bicyclic) bond motifs is 1. The van der Waals surface area contributed by atoms with Gasteiger partial charge in [-0.2, -0.15) is 0 Å². The van der Waals surface area contributed by atoms with Gasteiger partial charge in [0.15, 0.2) is 6.23 Å². The number of nitrogens with two attached hydrogens (primary N) is 1. The average Bonchev–Trinajstić information content (AvgIpc) is 2.05. The third kappa shape index (κ3) is 1.33. The fourth-order valence-corrected chi connectivity index (χ4v) is 1.33. The van der Waals surface area contributed by atoms with Crippen LogP contribution in [-0.2, 0) is 0 Å². The van der Waals surface area contributed by atoms with Gasteiger partial charge in [-0.25, -0.2) is 0 Å². The number of anilines is 1. The summed E-state index contributed by atoms with van der Waals surface area (Å²) >= 11 is 5.79. The third-order valence-corrected chi connectivity index (χ3v) is 1.95. The molecule has 1 aliphatic heterocycles. The zero-order chi connectivity index (χ0) is 8.55. The Bertz CT molecular complexity index is 303. The standard InChI is InChI=1S/C8H9ClN2O/c9-5-1-2-7-6(3-5)11-4-8(10)12-7/h1-3,8,11H,4,10H2/t8-/m0/s1. The highest BCUT2D eigenvalue weighted by atomic mass is 35.5. The lowest BCUT2D eigenvalue weighted by molar-refractivity contribution is 0.214. The van der Waals surface area contributed by atoms with E-state index in [1.165, 1.54) is 0 Å². The van der Waals surface area contributed by atoms with Crippen LogP contribution in [0.1, 0.15) is 0 Å². The van der Waals surface area contributed by atoms with E-state index in [1.54, 1.807) is 6.07 Å². The van der Waals surface area contributed by atoms with Crippen molar-refractivity contribution >= 4 is 17.3 Å². The molecule has 0 saturated heterocycles. The van der Waals surface area contributed by atoms with Gasteiger partial charge in [0.2, 0.25) is 0 Å². The molecule has 2 rings (SSSR count). The predicted octanol–water partition coefficient (Wildman–Crippen LogP) is 1.43. The van der Waals surface area contributed by atoms with Crippen LogP contribution in [0.5, 0.6) is 5.75 Å². The van der Waals surface area contributed by atoms with Crippen LogP contribution in [0, 0.1) is 0 Å². The molecular formula is C8H9ClN2O. The van der Waals surface area contributed by atoms with Gasteiger partial charge in [-0.1, -0.05) is 11.6 Å². The van der Waals surface area contributed by atoms with Gasteiger partial charge in [0.1, 0.15) is 5.75 Å². The zero-order valence-electron chi connectivity index (χ0n) is 6.38. The number of halogens is 1. The Kier molecular flexibility index (Phi) is 1.83. The van der Waals surface area contributed by atoms with Crippen LogP contribution in [0.25, 0.3) is 0 Å². The minimum Gasteiger partial charge on any atom is -0.472 e. The van der Waals surface area contributed by atoms with E-state index in [9.17, 15) is 0 Å². The number of benzene rings is 1. The quantitative estimate of drug-likeness (QED) is 0.641. The van der Waals surface area contributed by atoms with Crippen LogP contribution in [0.3, 0.4) is 0 Å². The molecule has 0 radical (unpaired) electrons. The maximum atomic E-state index is 5.79. The van der Waals surface area contributed by atoms with Gasteiger partial charge >= 0.3 is 0 Å². The van der Waals surface area contributed by atoms with Crippen molar-refractivity contribution < 1.29 is 4.74 Å². The van der Waals surface area contributed by atoms with Crippen molar-refractivity contribution in [2.24, 2.45) is 5.73 Å². The lowest BCUT2D eigenvalue weighted by Crippen LogP contribution is -2.38. The highest BCUT2D eigenvalue weighted by molar-refractivity contribution is 6.30. The molecule has 0 saturated carbocycles. The molecule has 0 spiro atoms. The summed E-state index contributed by atoms with van der Waals surface area (Å²) < 4.78 is 5.34. The van der Waals surface area contributed by atoms with Crippen molar-refractivity contribution in [1.29, 1.82) is 0 Å². The summed E-state index contributed by atoms with van der Waals surface area (Å²) in [4.78, 5) is 0. The van der Waals surface area contributed by atoms with Crippen LogP contribution < -0.4 is 15.8 Å². The van der Waals surface area contributed by atoms with Crippen molar-refractivity contribution in [3.8, 4) is 5.75 Å². The van der Waals surface area contributed by atoms with Crippen molar-refractivity contribution in [3.63, 3.8) is 0 Å². The minimum atomic E-state index is -0.265. The summed E-state index contributed by atoms with van der Waals surface area (Å²) in [5, 5.41) is 3.81. The Morgan fingerprint density at radius 3 is 3.25 bits per heavy atom. The molecule has 0 fully saturated rings. The van der Waals surface area contributed by atoms with Gasteiger partial charge in [0.25, 0.3) is 0 Å². The highest BCUT2D eigenvalue weighted by Gasteiger charge is 2.14. The summed E-state index contributed by atoms with van der Waals surface area (Å²) in [6.07, 6.45) is -0.265.